The molecule has 1 aromatic heterocycles. The molecule has 0 aliphatic carbocycles. The molecule has 2 amide bonds. The first-order valence-corrected chi connectivity index (χ1v) is 11.0. The van der Waals surface area contributed by atoms with Crippen LogP contribution in [0, 0.1) is 0 Å². The molecule has 0 radical (unpaired) electrons. The summed E-state index contributed by atoms with van der Waals surface area (Å²) in [6, 6.07) is 18.5. The molecular weight excluding hydrogens is 418 g/mol. The molecule has 4 rings (SSSR count). The minimum absolute atomic E-state index is 0.122. The molecule has 33 heavy (non-hydrogen) atoms. The van der Waals surface area contributed by atoms with Gasteiger partial charge in [0.1, 0.15) is 17.2 Å². The van der Waals surface area contributed by atoms with Crippen molar-refractivity contribution in [3.05, 3.63) is 89.5 Å². The van der Waals surface area contributed by atoms with Crippen LogP contribution in [0.4, 0.5) is 5.69 Å². The van der Waals surface area contributed by atoms with Gasteiger partial charge in [-0.05, 0) is 60.9 Å². The number of methoxy groups -OCH3 is 1. The summed E-state index contributed by atoms with van der Waals surface area (Å²) in [6.45, 7) is 2.34. The number of amides is 2. The second-order valence-electron chi connectivity index (χ2n) is 7.73. The average Bonchev–Trinajstić information content (AvgIpc) is 3.51. The predicted molar refractivity (Wildman–Crippen MR) is 127 cm³/mol. The fraction of sp³-hybridized carbons (Fsp3) is 0.231. The molecule has 170 valence electrons. The van der Waals surface area contributed by atoms with Gasteiger partial charge in [-0.1, -0.05) is 18.2 Å². The zero-order chi connectivity index (χ0) is 23.0. The summed E-state index contributed by atoms with van der Waals surface area (Å²) < 4.78 is 10.5. The highest BCUT2D eigenvalue weighted by Gasteiger charge is 2.18. The highest BCUT2D eigenvalue weighted by atomic mass is 16.5. The highest BCUT2D eigenvalue weighted by Crippen LogP contribution is 2.27. The molecule has 2 heterocycles. The number of anilines is 1. The molecule has 0 fully saturated rings. The highest BCUT2D eigenvalue weighted by molar-refractivity contribution is 6.05. The molecule has 0 unspecified atom stereocenters. The number of fused-ring (bicyclic) bond motifs is 1. The van der Waals surface area contributed by atoms with Crippen LogP contribution in [0.5, 0.6) is 5.75 Å². The number of hydrogen-bond donors (Lipinski definition) is 2. The summed E-state index contributed by atoms with van der Waals surface area (Å²) in [5.74, 6) is 0.370. The number of rotatable bonds is 9. The number of benzene rings is 2. The van der Waals surface area contributed by atoms with Gasteiger partial charge in [-0.25, -0.2) is 0 Å². The summed E-state index contributed by atoms with van der Waals surface area (Å²) in [4.78, 5) is 27.9. The summed E-state index contributed by atoms with van der Waals surface area (Å²) >= 11 is 0. The van der Waals surface area contributed by atoms with Gasteiger partial charge in [-0.3, -0.25) is 9.59 Å². The lowest BCUT2D eigenvalue weighted by Gasteiger charge is -2.19. The third kappa shape index (κ3) is 5.63. The van der Waals surface area contributed by atoms with Crippen LogP contribution < -0.4 is 20.3 Å². The zero-order valence-electron chi connectivity index (χ0n) is 18.5. The second kappa shape index (κ2) is 10.5. The van der Waals surface area contributed by atoms with Crippen LogP contribution in [0.25, 0.3) is 6.08 Å². The van der Waals surface area contributed by atoms with Crippen molar-refractivity contribution in [2.75, 3.05) is 31.6 Å². The summed E-state index contributed by atoms with van der Waals surface area (Å²) in [5, 5.41) is 5.61. The molecule has 7 nitrogen and oxygen atoms in total. The van der Waals surface area contributed by atoms with E-state index in [4.69, 9.17) is 9.15 Å². The van der Waals surface area contributed by atoms with Crippen LogP contribution in [0.2, 0.25) is 0 Å². The normalized spacial score (nSPS) is 12.9. The van der Waals surface area contributed by atoms with Crippen molar-refractivity contribution in [1.82, 2.24) is 10.6 Å². The number of carbonyl (C=O) groups is 2. The van der Waals surface area contributed by atoms with E-state index in [2.05, 4.69) is 39.8 Å². The Kier molecular flexibility index (Phi) is 7.09. The molecular formula is C26H27N3O4. The Morgan fingerprint density at radius 1 is 1.09 bits per heavy atom. The van der Waals surface area contributed by atoms with E-state index in [1.165, 1.54) is 23.6 Å². The first-order valence-electron chi connectivity index (χ1n) is 11.0. The van der Waals surface area contributed by atoms with Crippen LogP contribution in [-0.2, 0) is 11.2 Å². The Hall–Kier alpha value is -4.00. The molecule has 0 bridgehead atoms. The van der Waals surface area contributed by atoms with Crippen molar-refractivity contribution in [3.8, 4) is 5.75 Å². The van der Waals surface area contributed by atoms with Crippen LogP contribution >= 0.6 is 0 Å². The van der Waals surface area contributed by atoms with Gasteiger partial charge >= 0.3 is 0 Å². The maximum absolute atomic E-state index is 12.9. The van der Waals surface area contributed by atoms with E-state index in [0.29, 0.717) is 23.6 Å². The molecule has 0 atom stereocenters. The molecule has 0 saturated heterocycles. The van der Waals surface area contributed by atoms with Gasteiger partial charge in [-0.2, -0.15) is 0 Å². The van der Waals surface area contributed by atoms with Crippen LogP contribution in [0.1, 0.15) is 28.1 Å². The quantitative estimate of drug-likeness (QED) is 0.388. The number of furan rings is 1. The lowest BCUT2D eigenvalue weighted by atomic mass is 10.2. The van der Waals surface area contributed by atoms with Crippen molar-refractivity contribution < 1.29 is 18.7 Å². The number of nitrogens with zero attached hydrogens (tertiary/aromatic N) is 1. The SMILES string of the molecule is COc1ccc(C(=O)N/C(=C\c2ccco2)C(=O)NCCCN2CCc3ccccc32)cc1. The molecule has 2 aromatic carbocycles. The fourth-order valence-corrected chi connectivity index (χ4v) is 3.82. The van der Waals surface area contributed by atoms with Gasteiger partial charge in [0.05, 0.1) is 13.4 Å². The van der Waals surface area contributed by atoms with Crippen molar-refractivity contribution in [1.29, 1.82) is 0 Å². The van der Waals surface area contributed by atoms with E-state index in [-0.39, 0.29) is 17.5 Å². The Balaban J connectivity index is 1.35. The smallest absolute Gasteiger partial charge is 0.267 e. The Bertz CT molecular complexity index is 1120. The van der Waals surface area contributed by atoms with Gasteiger partial charge in [0.25, 0.3) is 11.8 Å². The van der Waals surface area contributed by atoms with E-state index in [1.54, 1.807) is 43.5 Å². The molecule has 1 aliphatic heterocycles. The second-order valence-corrected chi connectivity index (χ2v) is 7.73. The van der Waals surface area contributed by atoms with Gasteiger partial charge in [-0.15, -0.1) is 0 Å². The third-order valence-corrected chi connectivity index (χ3v) is 5.55. The van der Waals surface area contributed by atoms with Gasteiger partial charge in [0.2, 0.25) is 0 Å². The average molecular weight is 446 g/mol. The standard InChI is InChI=1S/C26H27N3O4/c1-32-21-11-9-20(10-12-21)25(30)28-23(18-22-7-4-17-33-22)26(31)27-14-5-15-29-16-13-19-6-2-3-8-24(19)29/h2-4,6-12,17-18H,5,13-16H2,1H3,(H,27,31)(H,28,30)/b23-18-. The Labute approximate surface area is 193 Å². The Morgan fingerprint density at radius 2 is 1.91 bits per heavy atom. The lowest BCUT2D eigenvalue weighted by Crippen LogP contribution is -2.36. The van der Waals surface area contributed by atoms with E-state index in [1.807, 2.05) is 0 Å². The van der Waals surface area contributed by atoms with Crippen LogP contribution in [0.15, 0.2) is 77.0 Å². The monoisotopic (exact) mass is 445 g/mol. The number of para-hydroxylation sites is 1. The van der Waals surface area contributed by atoms with Gasteiger partial charge in [0.15, 0.2) is 0 Å². The van der Waals surface area contributed by atoms with Crippen molar-refractivity contribution in [2.24, 2.45) is 0 Å². The maximum atomic E-state index is 12.9. The van der Waals surface area contributed by atoms with E-state index >= 15 is 0 Å². The maximum Gasteiger partial charge on any atom is 0.267 e. The number of carbonyl (C=O) groups excluding carboxylic acids is 2. The summed E-state index contributed by atoms with van der Waals surface area (Å²) in [6.07, 6.45) is 4.88. The van der Waals surface area contributed by atoms with Crippen LogP contribution in [-0.4, -0.2) is 38.6 Å². The van der Waals surface area contributed by atoms with Crippen molar-refractivity contribution in [2.45, 2.75) is 12.8 Å². The van der Waals surface area contributed by atoms with E-state index in [0.717, 1.165) is 25.9 Å². The minimum atomic E-state index is -0.390. The molecule has 3 aromatic rings. The summed E-state index contributed by atoms with van der Waals surface area (Å²) in [7, 11) is 1.56. The lowest BCUT2D eigenvalue weighted by molar-refractivity contribution is -0.117. The van der Waals surface area contributed by atoms with E-state index < -0.39 is 0 Å². The molecule has 0 saturated carbocycles. The molecule has 1 aliphatic rings. The predicted octanol–water partition coefficient (Wildman–Crippen LogP) is 3.63. The molecule has 7 heteroatoms. The van der Waals surface area contributed by atoms with Gasteiger partial charge < -0.3 is 24.7 Å². The topological polar surface area (TPSA) is 83.8 Å². The fourth-order valence-electron chi connectivity index (χ4n) is 3.82. The number of nitrogens with one attached hydrogen (secondary N) is 2. The zero-order valence-corrected chi connectivity index (χ0v) is 18.5. The van der Waals surface area contributed by atoms with Crippen LogP contribution in [0.3, 0.4) is 0 Å². The largest absolute Gasteiger partial charge is 0.497 e. The third-order valence-electron chi connectivity index (χ3n) is 5.55. The molecule has 2 N–H and O–H groups in total. The minimum Gasteiger partial charge on any atom is -0.497 e. The summed E-state index contributed by atoms with van der Waals surface area (Å²) in [5.41, 5.74) is 3.18. The first-order chi connectivity index (χ1) is 16.1. The Morgan fingerprint density at radius 3 is 2.67 bits per heavy atom. The van der Waals surface area contributed by atoms with Crippen molar-refractivity contribution in [3.63, 3.8) is 0 Å². The number of hydrogen-bond acceptors (Lipinski definition) is 5. The first kappa shape index (κ1) is 22.2. The van der Waals surface area contributed by atoms with E-state index in [9.17, 15) is 9.59 Å². The number of ether oxygens (including phenoxy) is 1. The molecule has 0 spiro atoms. The van der Waals surface area contributed by atoms with Gasteiger partial charge in [0, 0.05) is 37.0 Å². The van der Waals surface area contributed by atoms with Crippen molar-refractivity contribution >= 4 is 23.6 Å².